The minimum absolute atomic E-state index is 0. The van der Waals surface area contributed by atoms with Gasteiger partial charge in [-0.05, 0) is 0 Å². The Kier molecular flexibility index (Phi) is 3.13. The number of hydrogen-bond acceptors (Lipinski definition) is 5. The molecule has 1 unspecified atom stereocenters. The second-order valence-corrected chi connectivity index (χ2v) is 4.86. The zero-order valence-corrected chi connectivity index (χ0v) is 13.1. The van der Waals surface area contributed by atoms with Gasteiger partial charge in [0.1, 0.15) is 17.9 Å². The molecule has 2 aliphatic heterocycles. The van der Waals surface area contributed by atoms with Crippen LogP contribution in [-0.4, -0.2) is 36.9 Å². The van der Waals surface area contributed by atoms with E-state index >= 15 is 0 Å². The second-order valence-electron chi connectivity index (χ2n) is 4.86. The molecule has 8 heteroatoms. The first kappa shape index (κ1) is 13.4. The summed E-state index contributed by atoms with van der Waals surface area (Å²) in [4.78, 5) is 12.0. The van der Waals surface area contributed by atoms with Crippen molar-refractivity contribution in [3.05, 3.63) is 22.5 Å². The summed E-state index contributed by atoms with van der Waals surface area (Å²) in [6.45, 7) is 2.40. The van der Waals surface area contributed by atoms with E-state index in [4.69, 9.17) is 4.74 Å². The Morgan fingerprint density at radius 1 is 1.58 bits per heavy atom. The molecule has 0 amide bonds. The van der Waals surface area contributed by atoms with E-state index in [0.29, 0.717) is 17.7 Å². The first-order valence-electron chi connectivity index (χ1n) is 5.87. The summed E-state index contributed by atoms with van der Waals surface area (Å²) in [6, 6.07) is 4.10. The van der Waals surface area contributed by atoms with Gasteiger partial charge in [0.25, 0.3) is 0 Å². The molecule has 4 heterocycles. The molecule has 1 radical (unpaired) electrons. The molecule has 1 saturated heterocycles. The summed E-state index contributed by atoms with van der Waals surface area (Å²) in [5.41, 5.74) is 0.830. The Morgan fingerprint density at radius 3 is 3.16 bits per heavy atom. The molecule has 19 heavy (non-hydrogen) atoms. The average Bonchev–Trinajstić information content (AvgIpc) is 2.80. The second kappa shape index (κ2) is 4.44. The van der Waals surface area contributed by atoms with Crippen molar-refractivity contribution in [1.29, 1.82) is 0 Å². The quantitative estimate of drug-likeness (QED) is 0.644. The van der Waals surface area contributed by atoms with Crippen LogP contribution in [0.5, 0.6) is 0 Å². The molecule has 1 fully saturated rings. The van der Waals surface area contributed by atoms with Crippen molar-refractivity contribution in [3.8, 4) is 0 Å². The summed E-state index contributed by atoms with van der Waals surface area (Å²) in [5, 5.41) is 18.2. The van der Waals surface area contributed by atoms with Crippen LogP contribution in [0.1, 0.15) is 13.2 Å². The fourth-order valence-corrected chi connectivity index (χ4v) is 2.77. The largest absolute Gasteiger partial charge is 0.388 e. The number of hydrogen-bond donors (Lipinski definition) is 1. The molecule has 2 aliphatic rings. The SMILES string of the molecule is C[C@@H]1C(O)[C@@H]2O[C@@H]1Cn1nnc3[c-]cc(=O)n2c31.[Y]. The average molecular weight is 336 g/mol. The van der Waals surface area contributed by atoms with Gasteiger partial charge in [-0.3, -0.25) is 4.68 Å². The van der Waals surface area contributed by atoms with Crippen molar-refractivity contribution in [2.75, 3.05) is 0 Å². The predicted molar refractivity (Wildman–Crippen MR) is 59.7 cm³/mol. The molecular weight excluding hydrogens is 325 g/mol. The zero-order valence-electron chi connectivity index (χ0n) is 10.2. The van der Waals surface area contributed by atoms with Gasteiger partial charge in [-0.2, -0.15) is 5.10 Å². The van der Waals surface area contributed by atoms with Gasteiger partial charge in [0.2, 0.25) is 0 Å². The van der Waals surface area contributed by atoms with Crippen LogP contribution >= 0.6 is 0 Å². The van der Waals surface area contributed by atoms with Crippen LogP contribution in [0.25, 0.3) is 11.2 Å². The smallest absolute Gasteiger partial charge is 0.144 e. The monoisotopic (exact) mass is 336 g/mol. The van der Waals surface area contributed by atoms with E-state index in [9.17, 15) is 9.90 Å². The van der Waals surface area contributed by atoms with Gasteiger partial charge in [-0.25, -0.2) is 0 Å². The molecule has 0 aromatic carbocycles. The summed E-state index contributed by atoms with van der Waals surface area (Å²) < 4.78 is 8.85. The first-order chi connectivity index (χ1) is 8.66. The number of aromatic nitrogens is 4. The van der Waals surface area contributed by atoms with E-state index in [2.05, 4.69) is 16.4 Å². The van der Waals surface area contributed by atoms with Crippen molar-refractivity contribution in [1.82, 2.24) is 19.6 Å². The third kappa shape index (κ3) is 1.68. The third-order valence-corrected chi connectivity index (χ3v) is 3.85. The Labute approximate surface area is 133 Å². The maximum absolute atomic E-state index is 12.0. The molecule has 2 aromatic rings. The third-order valence-electron chi connectivity index (χ3n) is 3.85. The zero-order chi connectivity index (χ0) is 12.4. The van der Waals surface area contributed by atoms with Gasteiger partial charge in [-0.1, -0.05) is 12.1 Å². The number of ether oxygens (including phenoxy) is 1. The topological polar surface area (TPSA) is 82.2 Å². The number of rotatable bonds is 0. The van der Waals surface area contributed by atoms with Crippen LogP contribution < -0.4 is 5.56 Å². The van der Waals surface area contributed by atoms with Crippen molar-refractivity contribution >= 4 is 11.2 Å². The van der Waals surface area contributed by atoms with Crippen LogP contribution in [0.15, 0.2) is 10.9 Å². The summed E-state index contributed by atoms with van der Waals surface area (Å²) >= 11 is 0. The molecule has 0 saturated carbocycles. The maximum atomic E-state index is 12.0. The Balaban J connectivity index is 0.00000110. The number of aliphatic hydroxyl groups is 1. The van der Waals surface area contributed by atoms with Crippen LogP contribution in [0.3, 0.4) is 0 Å². The van der Waals surface area contributed by atoms with Crippen molar-refractivity contribution in [2.45, 2.75) is 31.9 Å². The van der Waals surface area contributed by atoms with Gasteiger partial charge >= 0.3 is 0 Å². The summed E-state index contributed by atoms with van der Waals surface area (Å²) in [6.07, 6.45) is -1.51. The van der Waals surface area contributed by atoms with Gasteiger partial charge in [0, 0.05) is 44.1 Å². The van der Waals surface area contributed by atoms with Crippen LogP contribution in [-0.2, 0) is 44.0 Å². The van der Waals surface area contributed by atoms with Gasteiger partial charge in [-0.15, -0.1) is 12.1 Å². The van der Waals surface area contributed by atoms with Gasteiger partial charge < -0.3 is 19.2 Å². The van der Waals surface area contributed by atoms with Crippen molar-refractivity contribution in [3.63, 3.8) is 0 Å². The molecular formula is C11H11N4O3Y-. The molecule has 4 rings (SSSR count). The Morgan fingerprint density at radius 2 is 2.37 bits per heavy atom. The predicted octanol–water partition coefficient (Wildman–Crippen LogP) is -0.701. The molecule has 2 bridgehead atoms. The number of nitrogens with zero attached hydrogens (tertiary/aromatic N) is 4. The van der Waals surface area contributed by atoms with Crippen LogP contribution in [0, 0.1) is 12.0 Å². The number of fused-ring (bicyclic) bond motifs is 3. The van der Waals surface area contributed by atoms with Gasteiger partial charge in [0.15, 0.2) is 0 Å². The molecule has 2 aromatic heterocycles. The first-order valence-corrected chi connectivity index (χ1v) is 5.87. The molecule has 0 spiro atoms. The number of aliphatic hydroxyl groups excluding tert-OH is 1. The summed E-state index contributed by atoms with van der Waals surface area (Å²) in [5.74, 6) is -0.0431. The minimum atomic E-state index is -0.693. The molecule has 97 valence electrons. The molecule has 4 atom stereocenters. The standard InChI is InChI=1S/C11H11N4O3.Y/c1-5-7-4-14-10-6(12-13-14)2-3-8(16)15(10)11(18-7)9(5)17;/h3,5,7,9,11,17H,4H2,1H3;/q-1;/t5-,7+,9?,11-;/m0./s1. The van der Waals surface area contributed by atoms with E-state index in [1.807, 2.05) is 6.92 Å². The Hall–Kier alpha value is -0.626. The molecule has 0 aliphatic carbocycles. The van der Waals surface area contributed by atoms with Crippen LogP contribution in [0.4, 0.5) is 0 Å². The minimum Gasteiger partial charge on any atom is -0.388 e. The van der Waals surface area contributed by atoms with E-state index in [1.54, 1.807) is 4.68 Å². The fourth-order valence-electron chi connectivity index (χ4n) is 2.77. The molecule has 7 nitrogen and oxygen atoms in total. The maximum Gasteiger partial charge on any atom is 0.144 e. The van der Waals surface area contributed by atoms with Crippen LogP contribution in [0.2, 0.25) is 0 Å². The number of pyridine rings is 1. The fraction of sp³-hybridized carbons (Fsp3) is 0.545. The van der Waals surface area contributed by atoms with E-state index in [1.165, 1.54) is 10.6 Å². The van der Waals surface area contributed by atoms with E-state index < -0.39 is 12.3 Å². The normalized spacial score (nSPS) is 32.1. The van der Waals surface area contributed by atoms with Crippen molar-refractivity contribution < 1.29 is 42.6 Å². The van der Waals surface area contributed by atoms with Gasteiger partial charge in [0.05, 0.1) is 18.3 Å². The summed E-state index contributed by atoms with van der Waals surface area (Å²) in [7, 11) is 0. The van der Waals surface area contributed by atoms with E-state index in [-0.39, 0.29) is 50.3 Å². The van der Waals surface area contributed by atoms with Crippen molar-refractivity contribution in [2.24, 2.45) is 5.92 Å². The Bertz CT molecular complexity index is 697. The van der Waals surface area contributed by atoms with E-state index in [0.717, 1.165) is 0 Å². The molecule has 1 N–H and O–H groups in total.